The summed E-state index contributed by atoms with van der Waals surface area (Å²) in [7, 11) is 0. The Morgan fingerprint density at radius 1 is 1.33 bits per heavy atom. The van der Waals surface area contributed by atoms with Crippen LogP contribution >= 0.6 is 23.2 Å². The van der Waals surface area contributed by atoms with Gasteiger partial charge in [0.25, 0.3) is 0 Å². The molecule has 1 atom stereocenters. The second-order valence-corrected chi connectivity index (χ2v) is 5.61. The summed E-state index contributed by atoms with van der Waals surface area (Å²) in [4.78, 5) is 0. The first kappa shape index (κ1) is 16.3. The first-order valence-electron chi connectivity index (χ1n) is 6.93. The summed E-state index contributed by atoms with van der Waals surface area (Å²) in [6.07, 6.45) is 1.13. The number of hydrogen-bond acceptors (Lipinski definition) is 2. The van der Waals surface area contributed by atoms with Gasteiger partial charge < -0.3 is 5.73 Å². The summed E-state index contributed by atoms with van der Waals surface area (Å²) < 4.78 is 15.8. The molecule has 0 aliphatic rings. The molecular weight excluding hydrogens is 312 g/mol. The van der Waals surface area contributed by atoms with E-state index >= 15 is 0 Å². The molecule has 2 N–H and O–H groups in total. The lowest BCUT2D eigenvalue weighted by atomic mass is 10.0. The summed E-state index contributed by atoms with van der Waals surface area (Å²) in [5.41, 5.74) is 8.12. The molecule has 0 saturated carbocycles. The first-order valence-corrected chi connectivity index (χ1v) is 7.68. The van der Waals surface area contributed by atoms with Gasteiger partial charge in [-0.15, -0.1) is 0 Å². The maximum Gasteiger partial charge on any atom is 0.129 e. The molecule has 2 rings (SSSR count). The molecule has 0 bridgehead atoms. The molecule has 3 nitrogen and oxygen atoms in total. The lowest BCUT2D eigenvalue weighted by Gasteiger charge is -2.15. The zero-order chi connectivity index (χ0) is 15.6. The molecule has 0 fully saturated rings. The standard InChI is InChI=1S/C15H18Cl2FN3/c1-3-12-15(17)13(21(4-2)20-12)8-11(19)14-9(16)6-5-7-10(14)18/h5-7,11H,3-4,8,19H2,1-2H3. The van der Waals surface area contributed by atoms with Gasteiger partial charge in [0.2, 0.25) is 0 Å². The van der Waals surface area contributed by atoms with Crippen LogP contribution in [0.3, 0.4) is 0 Å². The number of nitrogens with zero attached hydrogens (tertiary/aromatic N) is 2. The van der Waals surface area contributed by atoms with Crippen molar-refractivity contribution in [1.29, 1.82) is 0 Å². The van der Waals surface area contributed by atoms with E-state index in [1.807, 2.05) is 18.5 Å². The number of aryl methyl sites for hydroxylation is 2. The minimum Gasteiger partial charge on any atom is -0.323 e. The highest BCUT2D eigenvalue weighted by atomic mass is 35.5. The number of rotatable bonds is 5. The number of aromatic nitrogens is 2. The summed E-state index contributed by atoms with van der Waals surface area (Å²) in [6, 6.07) is 3.99. The van der Waals surface area contributed by atoms with Gasteiger partial charge in [-0.1, -0.05) is 36.2 Å². The molecule has 0 aliphatic heterocycles. The maximum atomic E-state index is 13.9. The zero-order valence-corrected chi connectivity index (χ0v) is 13.5. The van der Waals surface area contributed by atoms with Crippen molar-refractivity contribution in [2.75, 3.05) is 0 Å². The van der Waals surface area contributed by atoms with Gasteiger partial charge in [0.05, 0.1) is 16.4 Å². The summed E-state index contributed by atoms with van der Waals surface area (Å²) in [5.74, 6) is -0.399. The largest absolute Gasteiger partial charge is 0.323 e. The van der Waals surface area contributed by atoms with E-state index in [1.54, 1.807) is 12.1 Å². The van der Waals surface area contributed by atoms with Crippen LogP contribution in [0.15, 0.2) is 18.2 Å². The van der Waals surface area contributed by atoms with Crippen LogP contribution in [0.4, 0.5) is 4.39 Å². The summed E-state index contributed by atoms with van der Waals surface area (Å²) >= 11 is 12.4. The van der Waals surface area contributed by atoms with Gasteiger partial charge in [-0.3, -0.25) is 4.68 Å². The third-order valence-corrected chi connectivity index (χ3v) is 4.24. The molecule has 1 heterocycles. The minimum absolute atomic E-state index is 0.317. The fourth-order valence-electron chi connectivity index (χ4n) is 2.39. The predicted molar refractivity (Wildman–Crippen MR) is 84.3 cm³/mol. The van der Waals surface area contributed by atoms with Gasteiger partial charge in [0, 0.05) is 29.6 Å². The quantitative estimate of drug-likeness (QED) is 0.895. The molecule has 0 aliphatic carbocycles. The van der Waals surface area contributed by atoms with Crippen LogP contribution in [-0.4, -0.2) is 9.78 Å². The number of nitrogens with two attached hydrogens (primary N) is 1. The molecule has 1 unspecified atom stereocenters. The van der Waals surface area contributed by atoms with Crippen LogP contribution in [-0.2, 0) is 19.4 Å². The third-order valence-electron chi connectivity index (χ3n) is 3.48. The van der Waals surface area contributed by atoms with Crippen LogP contribution in [0.1, 0.15) is 36.8 Å². The fraction of sp³-hybridized carbons (Fsp3) is 0.400. The maximum absolute atomic E-state index is 13.9. The van der Waals surface area contributed by atoms with E-state index in [9.17, 15) is 4.39 Å². The van der Waals surface area contributed by atoms with E-state index in [-0.39, 0.29) is 0 Å². The van der Waals surface area contributed by atoms with Crippen molar-refractivity contribution in [3.05, 3.63) is 51.0 Å². The Labute approximate surface area is 133 Å². The first-order chi connectivity index (χ1) is 9.99. The van der Waals surface area contributed by atoms with Gasteiger partial charge in [-0.25, -0.2) is 4.39 Å². The normalized spacial score (nSPS) is 12.7. The van der Waals surface area contributed by atoms with Crippen LogP contribution in [0, 0.1) is 5.82 Å². The lowest BCUT2D eigenvalue weighted by molar-refractivity contribution is 0.555. The van der Waals surface area contributed by atoms with Crippen molar-refractivity contribution in [2.45, 2.75) is 39.3 Å². The summed E-state index contributed by atoms with van der Waals surface area (Å²) in [6.45, 7) is 4.66. The minimum atomic E-state index is -0.567. The molecule has 0 spiro atoms. The van der Waals surface area contributed by atoms with Crippen LogP contribution in [0.2, 0.25) is 10.0 Å². The van der Waals surface area contributed by atoms with E-state index < -0.39 is 11.9 Å². The Bertz CT molecular complexity index is 620. The fourth-order valence-corrected chi connectivity index (χ4v) is 3.04. The van der Waals surface area contributed by atoms with Crippen LogP contribution in [0.5, 0.6) is 0 Å². The van der Waals surface area contributed by atoms with Crippen molar-refractivity contribution in [3.63, 3.8) is 0 Å². The van der Waals surface area contributed by atoms with E-state index in [1.165, 1.54) is 6.07 Å². The Balaban J connectivity index is 2.36. The molecular formula is C15H18Cl2FN3. The van der Waals surface area contributed by atoms with Crippen molar-refractivity contribution in [2.24, 2.45) is 5.73 Å². The average molecular weight is 330 g/mol. The van der Waals surface area contributed by atoms with E-state index in [2.05, 4.69) is 5.10 Å². The molecule has 6 heteroatoms. The molecule has 0 amide bonds. The van der Waals surface area contributed by atoms with E-state index in [4.69, 9.17) is 28.9 Å². The third kappa shape index (κ3) is 3.23. The SMILES string of the molecule is CCc1nn(CC)c(CC(N)c2c(F)cccc2Cl)c1Cl. The second kappa shape index (κ2) is 6.77. The smallest absolute Gasteiger partial charge is 0.129 e. The van der Waals surface area contributed by atoms with Crippen molar-refractivity contribution >= 4 is 23.2 Å². The average Bonchev–Trinajstić information content (AvgIpc) is 2.75. The second-order valence-electron chi connectivity index (χ2n) is 4.82. The van der Waals surface area contributed by atoms with Crippen LogP contribution < -0.4 is 5.73 Å². The topological polar surface area (TPSA) is 43.8 Å². The molecule has 1 aromatic heterocycles. The molecule has 2 aromatic rings. The number of hydrogen-bond donors (Lipinski definition) is 1. The van der Waals surface area contributed by atoms with Gasteiger partial charge in [-0.2, -0.15) is 5.10 Å². The summed E-state index contributed by atoms with van der Waals surface area (Å²) in [5, 5.41) is 5.38. The molecule has 1 aromatic carbocycles. The van der Waals surface area contributed by atoms with Crippen LogP contribution in [0.25, 0.3) is 0 Å². The Hall–Kier alpha value is -1.10. The van der Waals surface area contributed by atoms with Crippen molar-refractivity contribution < 1.29 is 4.39 Å². The Kier molecular flexibility index (Phi) is 5.25. The molecule has 0 saturated heterocycles. The lowest BCUT2D eigenvalue weighted by Crippen LogP contribution is -2.18. The van der Waals surface area contributed by atoms with Crippen molar-refractivity contribution in [1.82, 2.24) is 9.78 Å². The van der Waals surface area contributed by atoms with Gasteiger partial charge in [-0.05, 0) is 25.5 Å². The highest BCUT2D eigenvalue weighted by molar-refractivity contribution is 6.32. The molecule has 114 valence electrons. The van der Waals surface area contributed by atoms with Gasteiger partial charge in [0.1, 0.15) is 5.82 Å². The molecule has 0 radical (unpaired) electrons. The molecule has 21 heavy (non-hydrogen) atoms. The van der Waals surface area contributed by atoms with Gasteiger partial charge in [0.15, 0.2) is 0 Å². The van der Waals surface area contributed by atoms with E-state index in [0.29, 0.717) is 28.6 Å². The Morgan fingerprint density at radius 2 is 2.05 bits per heavy atom. The number of benzene rings is 1. The Morgan fingerprint density at radius 3 is 2.62 bits per heavy atom. The van der Waals surface area contributed by atoms with E-state index in [0.717, 1.165) is 17.8 Å². The predicted octanol–water partition coefficient (Wildman–Crippen LogP) is 4.15. The van der Waals surface area contributed by atoms with Crippen molar-refractivity contribution in [3.8, 4) is 0 Å². The monoisotopic (exact) mass is 329 g/mol. The van der Waals surface area contributed by atoms with Gasteiger partial charge >= 0.3 is 0 Å². The highest BCUT2D eigenvalue weighted by Gasteiger charge is 2.21. The number of halogens is 3. The zero-order valence-electron chi connectivity index (χ0n) is 12.0. The highest BCUT2D eigenvalue weighted by Crippen LogP contribution is 2.30.